The Bertz CT molecular complexity index is 989. The average Bonchev–Trinajstić information content (AvgIpc) is 3.45. The second kappa shape index (κ2) is 6.99. The lowest BCUT2D eigenvalue weighted by atomic mass is 9.96. The molecule has 2 N–H and O–H groups in total. The van der Waals surface area contributed by atoms with E-state index >= 15 is 0 Å². The Hall–Kier alpha value is -2.95. The first-order valence-corrected chi connectivity index (χ1v) is 9.36. The first kappa shape index (κ1) is 17.5. The first-order valence-electron chi connectivity index (χ1n) is 9.36. The minimum Gasteiger partial charge on any atom is -0.370 e. The van der Waals surface area contributed by atoms with Gasteiger partial charge in [-0.25, -0.2) is 9.97 Å². The third kappa shape index (κ3) is 3.92. The van der Waals surface area contributed by atoms with E-state index in [1.54, 1.807) is 13.1 Å². The number of benzene rings is 1. The van der Waals surface area contributed by atoms with E-state index in [0.29, 0.717) is 16.8 Å². The Morgan fingerprint density at radius 1 is 1.11 bits per heavy atom. The molecule has 0 saturated heterocycles. The molecule has 5 nitrogen and oxygen atoms in total. The van der Waals surface area contributed by atoms with Crippen LogP contribution in [0.5, 0.6) is 0 Å². The molecular weight excluding hydrogens is 336 g/mol. The van der Waals surface area contributed by atoms with Gasteiger partial charge in [-0.2, -0.15) is 0 Å². The van der Waals surface area contributed by atoms with E-state index in [4.69, 9.17) is 0 Å². The van der Waals surface area contributed by atoms with Gasteiger partial charge >= 0.3 is 0 Å². The summed E-state index contributed by atoms with van der Waals surface area (Å²) in [6.45, 7) is 4.55. The molecule has 0 unspecified atom stereocenters. The Kier molecular flexibility index (Phi) is 4.52. The zero-order chi connectivity index (χ0) is 18.9. The third-order valence-corrected chi connectivity index (χ3v) is 5.46. The molecule has 1 aliphatic rings. The maximum atomic E-state index is 11.9. The molecule has 27 heavy (non-hydrogen) atoms. The molecule has 0 radical (unpaired) electrons. The topological polar surface area (TPSA) is 70.7 Å². The van der Waals surface area contributed by atoms with Gasteiger partial charge in [-0.3, -0.25) is 4.79 Å². The number of rotatable bonds is 6. The van der Waals surface area contributed by atoms with Crippen molar-refractivity contribution < 1.29 is 0 Å². The van der Waals surface area contributed by atoms with Gasteiger partial charge in [0.15, 0.2) is 0 Å². The highest BCUT2D eigenvalue weighted by Gasteiger charge is 2.42. The highest BCUT2D eigenvalue weighted by atomic mass is 16.1. The molecule has 0 bridgehead atoms. The molecule has 2 aromatic heterocycles. The van der Waals surface area contributed by atoms with E-state index in [1.807, 2.05) is 19.1 Å². The van der Waals surface area contributed by atoms with E-state index in [9.17, 15) is 4.79 Å². The predicted octanol–water partition coefficient (Wildman–Crippen LogP) is 3.88. The van der Waals surface area contributed by atoms with Crippen LogP contribution in [0.2, 0.25) is 0 Å². The first-order chi connectivity index (χ1) is 13.0. The van der Waals surface area contributed by atoms with E-state index in [1.165, 1.54) is 18.4 Å². The fraction of sp³-hybridized carbons (Fsp3) is 0.318. The van der Waals surface area contributed by atoms with Gasteiger partial charge < -0.3 is 10.3 Å². The molecular formula is C22H24N4O. The number of pyridine rings is 1. The Morgan fingerprint density at radius 3 is 2.52 bits per heavy atom. The van der Waals surface area contributed by atoms with Crippen LogP contribution < -0.4 is 10.9 Å². The summed E-state index contributed by atoms with van der Waals surface area (Å²) >= 11 is 0. The van der Waals surface area contributed by atoms with E-state index in [-0.39, 0.29) is 5.56 Å². The van der Waals surface area contributed by atoms with Gasteiger partial charge in [-0.1, -0.05) is 30.3 Å². The molecule has 2 heterocycles. The van der Waals surface area contributed by atoms with Crippen molar-refractivity contribution in [2.45, 2.75) is 33.1 Å². The maximum Gasteiger partial charge on any atom is 0.254 e. The van der Waals surface area contributed by atoms with E-state index in [0.717, 1.165) is 30.0 Å². The summed E-state index contributed by atoms with van der Waals surface area (Å²) in [6, 6.07) is 14.6. The largest absolute Gasteiger partial charge is 0.370 e. The van der Waals surface area contributed by atoms with Crippen LogP contribution in [0, 0.1) is 19.3 Å². The summed E-state index contributed by atoms with van der Waals surface area (Å²) in [5.41, 5.74) is 3.85. The second-order valence-corrected chi connectivity index (χ2v) is 7.57. The Balaban J connectivity index is 1.42. The molecule has 138 valence electrons. The van der Waals surface area contributed by atoms with Crippen LogP contribution in [0.25, 0.3) is 11.4 Å². The van der Waals surface area contributed by atoms with Crippen LogP contribution in [-0.2, 0) is 6.42 Å². The molecule has 5 heteroatoms. The van der Waals surface area contributed by atoms with Crippen molar-refractivity contribution in [2.24, 2.45) is 5.41 Å². The Morgan fingerprint density at radius 2 is 1.89 bits per heavy atom. The number of aromatic amines is 1. The highest BCUT2D eigenvalue weighted by molar-refractivity contribution is 5.56. The molecule has 0 amide bonds. The Labute approximate surface area is 158 Å². The summed E-state index contributed by atoms with van der Waals surface area (Å²) in [5.74, 6) is 1.41. The summed E-state index contributed by atoms with van der Waals surface area (Å²) in [5, 5.41) is 3.47. The number of hydrogen-bond donors (Lipinski definition) is 2. The van der Waals surface area contributed by atoms with Gasteiger partial charge in [0, 0.05) is 29.6 Å². The van der Waals surface area contributed by atoms with Crippen molar-refractivity contribution in [2.75, 3.05) is 11.9 Å². The van der Waals surface area contributed by atoms with Crippen LogP contribution in [0.1, 0.15) is 29.7 Å². The molecule has 1 aromatic carbocycles. The predicted molar refractivity (Wildman–Crippen MR) is 108 cm³/mol. The number of H-pyrrole nitrogens is 1. The lowest BCUT2D eigenvalue weighted by Crippen LogP contribution is -2.18. The number of nitrogens with one attached hydrogen (secondary N) is 2. The van der Waals surface area contributed by atoms with Gasteiger partial charge in [0.2, 0.25) is 0 Å². The SMILES string of the molecule is Cc1nc(-c2ccc(NCC3(Cc4ccccc4)CC3)nc2)[nH]c(=O)c1C. The maximum absolute atomic E-state index is 11.9. The van der Waals surface area contributed by atoms with Crippen LogP contribution in [0.4, 0.5) is 5.82 Å². The van der Waals surface area contributed by atoms with E-state index < -0.39 is 0 Å². The quantitative estimate of drug-likeness (QED) is 0.700. The summed E-state index contributed by atoms with van der Waals surface area (Å²) in [4.78, 5) is 23.7. The lowest BCUT2D eigenvalue weighted by Gasteiger charge is -2.16. The van der Waals surface area contributed by atoms with Crippen LogP contribution in [-0.4, -0.2) is 21.5 Å². The lowest BCUT2D eigenvalue weighted by molar-refractivity contribution is 0.538. The van der Waals surface area contributed by atoms with Crippen molar-refractivity contribution in [3.8, 4) is 11.4 Å². The van der Waals surface area contributed by atoms with Crippen molar-refractivity contribution in [1.82, 2.24) is 15.0 Å². The molecule has 1 aliphatic carbocycles. The molecule has 0 atom stereocenters. The number of aromatic nitrogens is 3. The minimum atomic E-state index is -0.101. The number of anilines is 1. The van der Waals surface area contributed by atoms with Gasteiger partial charge in [-0.15, -0.1) is 0 Å². The molecule has 4 rings (SSSR count). The number of nitrogens with zero attached hydrogens (tertiary/aromatic N) is 2. The fourth-order valence-corrected chi connectivity index (χ4v) is 3.32. The zero-order valence-electron chi connectivity index (χ0n) is 15.7. The van der Waals surface area contributed by atoms with Crippen LogP contribution in [0.15, 0.2) is 53.5 Å². The zero-order valence-corrected chi connectivity index (χ0v) is 15.7. The number of hydrogen-bond acceptors (Lipinski definition) is 4. The summed E-state index contributed by atoms with van der Waals surface area (Å²) in [6.07, 6.45) is 5.36. The summed E-state index contributed by atoms with van der Waals surface area (Å²) < 4.78 is 0. The van der Waals surface area contributed by atoms with Gasteiger partial charge in [0.05, 0.1) is 0 Å². The number of aryl methyl sites for hydroxylation is 1. The average molecular weight is 360 g/mol. The van der Waals surface area contributed by atoms with Gasteiger partial charge in [-0.05, 0) is 56.2 Å². The normalized spacial score (nSPS) is 14.7. The third-order valence-electron chi connectivity index (χ3n) is 5.46. The molecule has 0 spiro atoms. The van der Waals surface area contributed by atoms with E-state index in [2.05, 4.69) is 50.6 Å². The van der Waals surface area contributed by atoms with Crippen LogP contribution >= 0.6 is 0 Å². The van der Waals surface area contributed by atoms with Gasteiger partial charge in [0.1, 0.15) is 11.6 Å². The van der Waals surface area contributed by atoms with Crippen molar-refractivity contribution in [1.29, 1.82) is 0 Å². The van der Waals surface area contributed by atoms with Crippen molar-refractivity contribution >= 4 is 5.82 Å². The monoisotopic (exact) mass is 360 g/mol. The second-order valence-electron chi connectivity index (χ2n) is 7.57. The van der Waals surface area contributed by atoms with Crippen LogP contribution in [0.3, 0.4) is 0 Å². The highest BCUT2D eigenvalue weighted by Crippen LogP contribution is 2.48. The summed E-state index contributed by atoms with van der Waals surface area (Å²) in [7, 11) is 0. The van der Waals surface area contributed by atoms with Crippen molar-refractivity contribution in [3.63, 3.8) is 0 Å². The molecule has 1 fully saturated rings. The molecule has 1 saturated carbocycles. The molecule has 3 aromatic rings. The van der Waals surface area contributed by atoms with Gasteiger partial charge in [0.25, 0.3) is 5.56 Å². The molecule has 0 aliphatic heterocycles. The van der Waals surface area contributed by atoms with Crippen molar-refractivity contribution in [3.05, 3.63) is 75.8 Å². The fourth-order valence-electron chi connectivity index (χ4n) is 3.32. The smallest absolute Gasteiger partial charge is 0.254 e. The minimum absolute atomic E-state index is 0.101. The standard InChI is InChI=1S/C22H24N4O/c1-15-16(2)25-20(26-21(15)27)18-8-9-19(23-13-18)24-14-22(10-11-22)12-17-6-4-3-5-7-17/h3-9,13H,10-12,14H2,1-2H3,(H,23,24)(H,25,26,27).